The van der Waals surface area contributed by atoms with Crippen LogP contribution in [0.4, 0.5) is 0 Å². The molecule has 1 aromatic rings. The van der Waals surface area contributed by atoms with Crippen molar-refractivity contribution >= 4 is 15.9 Å². The predicted molar refractivity (Wildman–Crippen MR) is 99.7 cm³/mol. The third kappa shape index (κ3) is 4.67. The van der Waals surface area contributed by atoms with Gasteiger partial charge in [0.25, 0.3) is 15.9 Å². The van der Waals surface area contributed by atoms with Crippen molar-refractivity contribution in [2.75, 3.05) is 53.5 Å². The number of amides is 1. The molecule has 0 saturated carbocycles. The van der Waals surface area contributed by atoms with Gasteiger partial charge in [-0.3, -0.25) is 14.5 Å². The topological polar surface area (TPSA) is 79.4 Å². The molecule has 0 aliphatic carbocycles. The molecule has 0 aromatic heterocycles. The SMILES string of the molecule is CON(C)S(=O)(=O)c1cccc(C(=O)N2CCN(CC3CCCO3)CC2)c1. The molecule has 9 heteroatoms. The van der Waals surface area contributed by atoms with Crippen LogP contribution >= 0.6 is 0 Å². The summed E-state index contributed by atoms with van der Waals surface area (Å²) >= 11 is 0. The fourth-order valence-electron chi connectivity index (χ4n) is 3.43. The highest BCUT2D eigenvalue weighted by atomic mass is 32.2. The molecule has 1 amide bonds. The first-order chi connectivity index (χ1) is 12.9. The van der Waals surface area contributed by atoms with Gasteiger partial charge in [-0.15, -0.1) is 0 Å². The number of ether oxygens (including phenoxy) is 1. The van der Waals surface area contributed by atoms with E-state index in [2.05, 4.69) is 4.90 Å². The Kier molecular flexibility index (Phi) is 6.48. The molecule has 2 aliphatic rings. The number of hydrogen-bond acceptors (Lipinski definition) is 6. The third-order valence-corrected chi connectivity index (χ3v) is 6.80. The molecule has 2 saturated heterocycles. The number of carbonyl (C=O) groups excluding carboxylic acids is 1. The highest BCUT2D eigenvalue weighted by molar-refractivity contribution is 7.89. The molecular formula is C18H27N3O5S. The zero-order chi connectivity index (χ0) is 19.4. The van der Waals surface area contributed by atoms with Gasteiger partial charge in [-0.05, 0) is 31.0 Å². The van der Waals surface area contributed by atoms with Gasteiger partial charge in [-0.25, -0.2) is 8.42 Å². The second-order valence-electron chi connectivity index (χ2n) is 6.85. The van der Waals surface area contributed by atoms with Crippen LogP contribution < -0.4 is 0 Å². The molecule has 8 nitrogen and oxygen atoms in total. The Bertz CT molecular complexity index is 756. The van der Waals surface area contributed by atoms with Gasteiger partial charge in [-0.1, -0.05) is 10.5 Å². The Morgan fingerprint density at radius 3 is 2.67 bits per heavy atom. The predicted octanol–water partition coefficient (Wildman–Crippen LogP) is 0.805. The van der Waals surface area contributed by atoms with Crippen LogP contribution in [-0.4, -0.2) is 88.2 Å². The molecule has 1 atom stereocenters. The average molecular weight is 397 g/mol. The second-order valence-corrected chi connectivity index (χ2v) is 8.79. The van der Waals surface area contributed by atoms with E-state index in [1.54, 1.807) is 17.0 Å². The second kappa shape index (κ2) is 8.66. The molecule has 3 rings (SSSR count). The number of rotatable bonds is 6. The van der Waals surface area contributed by atoms with Crippen LogP contribution in [0.2, 0.25) is 0 Å². The van der Waals surface area contributed by atoms with Crippen molar-refractivity contribution in [3.05, 3.63) is 29.8 Å². The van der Waals surface area contributed by atoms with Crippen molar-refractivity contribution in [1.82, 2.24) is 14.3 Å². The van der Waals surface area contributed by atoms with E-state index in [9.17, 15) is 13.2 Å². The number of hydroxylamine groups is 1. The minimum atomic E-state index is -3.78. The van der Waals surface area contributed by atoms with Gasteiger partial charge < -0.3 is 9.64 Å². The van der Waals surface area contributed by atoms with E-state index in [-0.39, 0.29) is 10.8 Å². The van der Waals surface area contributed by atoms with Crippen molar-refractivity contribution < 1.29 is 22.8 Å². The van der Waals surface area contributed by atoms with Crippen molar-refractivity contribution in [3.63, 3.8) is 0 Å². The molecular weight excluding hydrogens is 370 g/mol. The minimum Gasteiger partial charge on any atom is -0.377 e. The monoisotopic (exact) mass is 397 g/mol. The van der Waals surface area contributed by atoms with Gasteiger partial charge in [0.2, 0.25) is 0 Å². The highest BCUT2D eigenvalue weighted by Crippen LogP contribution is 2.19. The molecule has 2 aliphatic heterocycles. The van der Waals surface area contributed by atoms with E-state index >= 15 is 0 Å². The molecule has 0 spiro atoms. The first-order valence-corrected chi connectivity index (χ1v) is 10.6. The summed E-state index contributed by atoms with van der Waals surface area (Å²) in [4.78, 5) is 21.7. The fourth-order valence-corrected chi connectivity index (χ4v) is 4.45. The Balaban J connectivity index is 1.62. The number of nitrogens with zero attached hydrogens (tertiary/aromatic N) is 3. The van der Waals surface area contributed by atoms with Crippen LogP contribution in [0.15, 0.2) is 29.2 Å². The summed E-state index contributed by atoms with van der Waals surface area (Å²) in [6.45, 7) is 4.62. The van der Waals surface area contributed by atoms with E-state index in [1.807, 2.05) is 0 Å². The van der Waals surface area contributed by atoms with E-state index in [1.165, 1.54) is 26.3 Å². The van der Waals surface area contributed by atoms with Crippen LogP contribution in [0.1, 0.15) is 23.2 Å². The van der Waals surface area contributed by atoms with E-state index in [4.69, 9.17) is 9.57 Å². The van der Waals surface area contributed by atoms with E-state index in [0.717, 1.165) is 43.6 Å². The van der Waals surface area contributed by atoms with E-state index in [0.29, 0.717) is 24.8 Å². The molecule has 0 bridgehead atoms. The summed E-state index contributed by atoms with van der Waals surface area (Å²) in [5.41, 5.74) is 0.369. The smallest absolute Gasteiger partial charge is 0.264 e. The summed E-state index contributed by atoms with van der Waals surface area (Å²) in [7, 11) is -1.18. The lowest BCUT2D eigenvalue weighted by Crippen LogP contribution is -2.50. The lowest BCUT2D eigenvalue weighted by atomic mass is 10.1. The summed E-state index contributed by atoms with van der Waals surface area (Å²) in [6.07, 6.45) is 2.55. The number of piperazine rings is 1. The Morgan fingerprint density at radius 2 is 2.04 bits per heavy atom. The standard InChI is InChI=1S/C18H27N3O5S/c1-19(25-2)27(23,24)17-7-3-5-15(13-17)18(22)21-10-8-20(9-11-21)14-16-6-4-12-26-16/h3,5,7,13,16H,4,6,8-12,14H2,1-2H3. The first-order valence-electron chi connectivity index (χ1n) is 9.18. The lowest BCUT2D eigenvalue weighted by Gasteiger charge is -2.35. The van der Waals surface area contributed by atoms with Crippen molar-refractivity contribution in [2.45, 2.75) is 23.8 Å². The van der Waals surface area contributed by atoms with Crippen LogP contribution in [0.5, 0.6) is 0 Å². The maximum absolute atomic E-state index is 12.8. The molecule has 2 fully saturated rings. The summed E-state index contributed by atoms with van der Waals surface area (Å²) in [5, 5.41) is 0. The van der Waals surface area contributed by atoms with Gasteiger partial charge in [0.1, 0.15) is 0 Å². The number of sulfonamides is 1. The summed E-state index contributed by atoms with van der Waals surface area (Å²) in [5.74, 6) is -0.149. The zero-order valence-electron chi connectivity index (χ0n) is 15.8. The van der Waals surface area contributed by atoms with Gasteiger partial charge in [0.15, 0.2) is 0 Å². The van der Waals surface area contributed by atoms with Crippen LogP contribution in [0, 0.1) is 0 Å². The number of benzene rings is 1. The van der Waals surface area contributed by atoms with Crippen LogP contribution in [0.3, 0.4) is 0 Å². The third-order valence-electron chi connectivity index (χ3n) is 5.12. The van der Waals surface area contributed by atoms with Gasteiger partial charge in [0.05, 0.1) is 18.1 Å². The molecule has 27 heavy (non-hydrogen) atoms. The molecule has 150 valence electrons. The van der Waals surface area contributed by atoms with Gasteiger partial charge in [-0.2, -0.15) is 0 Å². The Morgan fingerprint density at radius 1 is 1.30 bits per heavy atom. The molecule has 1 aromatic carbocycles. The Hall–Kier alpha value is -1.52. The normalized spacial score (nSPS) is 21.7. The maximum Gasteiger partial charge on any atom is 0.264 e. The largest absolute Gasteiger partial charge is 0.377 e. The minimum absolute atomic E-state index is 0.0368. The zero-order valence-corrected chi connectivity index (χ0v) is 16.7. The van der Waals surface area contributed by atoms with Crippen molar-refractivity contribution in [2.24, 2.45) is 0 Å². The van der Waals surface area contributed by atoms with E-state index < -0.39 is 10.0 Å². The lowest BCUT2D eigenvalue weighted by molar-refractivity contribution is -0.0258. The summed E-state index contributed by atoms with van der Waals surface area (Å²) < 4.78 is 31.2. The maximum atomic E-state index is 12.8. The fraction of sp³-hybridized carbons (Fsp3) is 0.611. The van der Waals surface area contributed by atoms with Gasteiger partial charge >= 0.3 is 0 Å². The Labute approximate surface area is 160 Å². The van der Waals surface area contributed by atoms with Crippen molar-refractivity contribution in [1.29, 1.82) is 0 Å². The van der Waals surface area contributed by atoms with Crippen LogP contribution in [0.25, 0.3) is 0 Å². The first kappa shape index (κ1) is 20.2. The van der Waals surface area contributed by atoms with Crippen molar-refractivity contribution in [3.8, 4) is 0 Å². The molecule has 0 radical (unpaired) electrons. The van der Waals surface area contributed by atoms with Gasteiger partial charge in [0, 0.05) is 51.9 Å². The quantitative estimate of drug-likeness (QED) is 0.661. The highest BCUT2D eigenvalue weighted by Gasteiger charge is 2.27. The summed E-state index contributed by atoms with van der Waals surface area (Å²) in [6, 6.07) is 6.09. The molecule has 2 heterocycles. The molecule has 0 N–H and O–H groups in total. The van der Waals surface area contributed by atoms with Crippen LogP contribution in [-0.2, 0) is 19.6 Å². The molecule has 1 unspecified atom stereocenters. The number of carbonyl (C=O) groups is 1. The average Bonchev–Trinajstić information content (AvgIpc) is 3.20. The number of hydrogen-bond donors (Lipinski definition) is 0.